The van der Waals surface area contributed by atoms with Crippen LogP contribution in [0.5, 0.6) is 17.2 Å². The molecule has 0 amide bonds. The zero-order valence-electron chi connectivity index (χ0n) is 18.3. The fraction of sp³-hybridized carbons (Fsp3) is 0.650. The van der Waals surface area contributed by atoms with Crippen LogP contribution in [0.1, 0.15) is 19.4 Å². The minimum Gasteiger partial charge on any atom is -0.493 e. The Morgan fingerprint density at radius 2 is 1.86 bits per heavy atom. The van der Waals surface area contributed by atoms with Gasteiger partial charge in [0.15, 0.2) is 17.5 Å². The van der Waals surface area contributed by atoms with Gasteiger partial charge in [-0.1, -0.05) is 0 Å². The van der Waals surface area contributed by atoms with Crippen molar-refractivity contribution < 1.29 is 18.9 Å². The number of guanidine groups is 1. The zero-order chi connectivity index (χ0) is 20.5. The fourth-order valence-electron chi connectivity index (χ4n) is 3.40. The van der Waals surface area contributed by atoms with Gasteiger partial charge in [-0.3, -0.25) is 9.89 Å². The second kappa shape index (κ2) is 13.0. The third-order valence-electron chi connectivity index (χ3n) is 4.96. The Morgan fingerprint density at radius 3 is 2.38 bits per heavy atom. The third-order valence-corrected chi connectivity index (χ3v) is 4.96. The highest BCUT2D eigenvalue weighted by Gasteiger charge is 2.23. The second-order valence-corrected chi connectivity index (χ2v) is 6.85. The SMILES string of the molecule is CN=C(NCc1cc(OC)c(OC)c(OC)c1)NCC(C)N1CCOCC1C.I. The first-order chi connectivity index (χ1) is 13.5. The second-order valence-electron chi connectivity index (χ2n) is 6.85. The molecule has 8 nitrogen and oxygen atoms in total. The molecular formula is C20H35IN4O4. The first-order valence-corrected chi connectivity index (χ1v) is 9.60. The van der Waals surface area contributed by atoms with Crippen molar-refractivity contribution in [3.05, 3.63) is 17.7 Å². The number of methoxy groups -OCH3 is 3. The van der Waals surface area contributed by atoms with Crippen molar-refractivity contribution in [2.45, 2.75) is 32.5 Å². The quantitative estimate of drug-likeness (QED) is 0.308. The first-order valence-electron chi connectivity index (χ1n) is 9.60. The van der Waals surface area contributed by atoms with Crippen LogP contribution in [0.25, 0.3) is 0 Å². The van der Waals surface area contributed by atoms with Crippen LogP contribution in [0.3, 0.4) is 0 Å². The molecule has 2 N–H and O–H groups in total. The van der Waals surface area contributed by atoms with E-state index in [2.05, 4.69) is 34.4 Å². The first kappa shape index (κ1) is 25.6. The highest BCUT2D eigenvalue weighted by atomic mass is 127. The van der Waals surface area contributed by atoms with E-state index in [1.165, 1.54) is 0 Å². The van der Waals surface area contributed by atoms with E-state index < -0.39 is 0 Å². The number of halogens is 1. The summed E-state index contributed by atoms with van der Waals surface area (Å²) < 4.78 is 21.7. The molecule has 2 rings (SSSR count). The lowest BCUT2D eigenvalue weighted by atomic mass is 10.1. The summed E-state index contributed by atoms with van der Waals surface area (Å²) in [5, 5.41) is 6.75. The predicted octanol–water partition coefficient (Wildman–Crippen LogP) is 2.10. The van der Waals surface area contributed by atoms with Gasteiger partial charge in [0, 0.05) is 38.8 Å². The molecule has 1 aromatic rings. The van der Waals surface area contributed by atoms with Gasteiger partial charge in [-0.15, -0.1) is 24.0 Å². The summed E-state index contributed by atoms with van der Waals surface area (Å²) in [6.45, 7) is 8.36. The molecule has 0 radical (unpaired) electrons. The molecule has 1 fully saturated rings. The van der Waals surface area contributed by atoms with Gasteiger partial charge >= 0.3 is 0 Å². The summed E-state index contributed by atoms with van der Waals surface area (Å²) in [5.74, 6) is 2.61. The van der Waals surface area contributed by atoms with E-state index in [4.69, 9.17) is 18.9 Å². The van der Waals surface area contributed by atoms with Crippen LogP contribution < -0.4 is 24.8 Å². The predicted molar refractivity (Wildman–Crippen MR) is 126 cm³/mol. The van der Waals surface area contributed by atoms with Crippen LogP contribution in [-0.2, 0) is 11.3 Å². The number of aliphatic imine (C=N–C) groups is 1. The maximum absolute atomic E-state index is 5.52. The number of benzene rings is 1. The van der Waals surface area contributed by atoms with E-state index in [1.54, 1.807) is 28.4 Å². The topological polar surface area (TPSA) is 76.6 Å². The third kappa shape index (κ3) is 7.07. The molecule has 1 saturated heterocycles. The maximum atomic E-state index is 5.52. The van der Waals surface area contributed by atoms with Gasteiger partial charge in [0.2, 0.25) is 5.75 Å². The van der Waals surface area contributed by atoms with E-state index in [9.17, 15) is 0 Å². The largest absolute Gasteiger partial charge is 0.493 e. The monoisotopic (exact) mass is 522 g/mol. The fourth-order valence-corrected chi connectivity index (χ4v) is 3.40. The van der Waals surface area contributed by atoms with Crippen molar-refractivity contribution >= 4 is 29.9 Å². The van der Waals surface area contributed by atoms with E-state index >= 15 is 0 Å². The van der Waals surface area contributed by atoms with Crippen molar-refractivity contribution in [2.24, 2.45) is 4.99 Å². The summed E-state index contributed by atoms with van der Waals surface area (Å²) in [7, 11) is 6.60. The molecule has 1 aliphatic heterocycles. The normalized spacial score (nSPS) is 18.4. The Bertz CT molecular complexity index is 634. The minimum absolute atomic E-state index is 0. The van der Waals surface area contributed by atoms with Gasteiger partial charge < -0.3 is 29.6 Å². The van der Waals surface area contributed by atoms with Crippen molar-refractivity contribution in [1.82, 2.24) is 15.5 Å². The van der Waals surface area contributed by atoms with Crippen LogP contribution >= 0.6 is 24.0 Å². The van der Waals surface area contributed by atoms with Crippen molar-refractivity contribution in [2.75, 3.05) is 54.7 Å². The molecule has 0 bridgehead atoms. The average molecular weight is 522 g/mol. The molecule has 0 aliphatic carbocycles. The van der Waals surface area contributed by atoms with Gasteiger partial charge in [-0.05, 0) is 31.5 Å². The lowest BCUT2D eigenvalue weighted by molar-refractivity contribution is -0.0174. The molecular weight excluding hydrogens is 487 g/mol. The number of hydrogen-bond donors (Lipinski definition) is 2. The van der Waals surface area contributed by atoms with Gasteiger partial charge in [0.25, 0.3) is 0 Å². The van der Waals surface area contributed by atoms with Crippen molar-refractivity contribution in [3.63, 3.8) is 0 Å². The van der Waals surface area contributed by atoms with Crippen LogP contribution in [0.2, 0.25) is 0 Å². The molecule has 0 aromatic heterocycles. The number of rotatable bonds is 8. The summed E-state index contributed by atoms with van der Waals surface area (Å²) in [5.41, 5.74) is 1.01. The molecule has 166 valence electrons. The van der Waals surface area contributed by atoms with E-state index in [0.29, 0.717) is 35.9 Å². The summed E-state index contributed by atoms with van der Waals surface area (Å²) >= 11 is 0. The number of nitrogens with one attached hydrogen (secondary N) is 2. The van der Waals surface area contributed by atoms with Crippen LogP contribution in [-0.4, -0.2) is 77.6 Å². The molecule has 1 heterocycles. The maximum Gasteiger partial charge on any atom is 0.203 e. The summed E-state index contributed by atoms with van der Waals surface area (Å²) in [6.07, 6.45) is 0. The average Bonchev–Trinajstić information content (AvgIpc) is 2.73. The Balaban J connectivity index is 0.00000420. The van der Waals surface area contributed by atoms with Gasteiger partial charge in [0.05, 0.1) is 34.5 Å². The van der Waals surface area contributed by atoms with Gasteiger partial charge in [-0.25, -0.2) is 0 Å². The molecule has 29 heavy (non-hydrogen) atoms. The lowest BCUT2D eigenvalue weighted by Gasteiger charge is -2.38. The number of ether oxygens (including phenoxy) is 4. The van der Waals surface area contributed by atoms with Gasteiger partial charge in [0.1, 0.15) is 0 Å². The number of morpholine rings is 1. The zero-order valence-corrected chi connectivity index (χ0v) is 20.6. The number of nitrogens with zero attached hydrogens (tertiary/aromatic N) is 2. The highest BCUT2D eigenvalue weighted by molar-refractivity contribution is 14.0. The smallest absolute Gasteiger partial charge is 0.203 e. The van der Waals surface area contributed by atoms with E-state index in [-0.39, 0.29) is 24.0 Å². The molecule has 1 aliphatic rings. The van der Waals surface area contributed by atoms with Crippen molar-refractivity contribution in [1.29, 1.82) is 0 Å². The molecule has 2 atom stereocenters. The van der Waals surface area contributed by atoms with Crippen LogP contribution in [0, 0.1) is 0 Å². The summed E-state index contributed by atoms with van der Waals surface area (Å²) in [4.78, 5) is 6.78. The molecule has 1 aromatic carbocycles. The highest BCUT2D eigenvalue weighted by Crippen LogP contribution is 2.38. The Labute approximate surface area is 191 Å². The Kier molecular flexibility index (Phi) is 11.4. The lowest BCUT2D eigenvalue weighted by Crippen LogP contribution is -2.52. The molecule has 0 spiro atoms. The Morgan fingerprint density at radius 1 is 1.21 bits per heavy atom. The van der Waals surface area contributed by atoms with Crippen LogP contribution in [0.15, 0.2) is 17.1 Å². The Hall–Kier alpha value is -1.46. The standard InChI is InChI=1S/C20H34N4O4.HI/c1-14(24-7-8-28-13-15(24)2)11-22-20(21-3)23-12-16-9-17(25-4)19(27-6)18(10-16)26-5;/h9-10,14-15H,7-8,11-13H2,1-6H3,(H2,21,22,23);1H. The summed E-state index contributed by atoms with van der Waals surface area (Å²) in [6, 6.07) is 4.68. The van der Waals surface area contributed by atoms with E-state index in [0.717, 1.165) is 37.8 Å². The van der Waals surface area contributed by atoms with E-state index in [1.807, 2.05) is 12.1 Å². The molecule has 2 unspecified atom stereocenters. The van der Waals surface area contributed by atoms with Gasteiger partial charge in [-0.2, -0.15) is 0 Å². The minimum atomic E-state index is 0. The van der Waals surface area contributed by atoms with Crippen LogP contribution in [0.4, 0.5) is 0 Å². The number of hydrogen-bond acceptors (Lipinski definition) is 6. The molecule has 0 saturated carbocycles. The van der Waals surface area contributed by atoms with Crippen molar-refractivity contribution in [3.8, 4) is 17.2 Å². The molecule has 9 heteroatoms.